The summed E-state index contributed by atoms with van der Waals surface area (Å²) in [5.74, 6) is -1.36. The fraction of sp³-hybridized carbons (Fsp3) is 0.588. The number of amides is 1. The monoisotopic (exact) mass is 391 g/mol. The van der Waals surface area contributed by atoms with Gasteiger partial charge < -0.3 is 4.74 Å². The highest BCUT2D eigenvalue weighted by atomic mass is 35.5. The van der Waals surface area contributed by atoms with Crippen molar-refractivity contribution in [3.05, 3.63) is 28.5 Å². The van der Waals surface area contributed by atoms with Crippen LogP contribution in [0.3, 0.4) is 0 Å². The van der Waals surface area contributed by atoms with Gasteiger partial charge in [0.05, 0.1) is 17.2 Å². The van der Waals surface area contributed by atoms with Gasteiger partial charge in [-0.05, 0) is 18.4 Å². The number of carbonyl (C=O) groups excluding carboxylic acids is 1. The molecule has 0 aliphatic heterocycles. The molecule has 1 aromatic carbocycles. The van der Waals surface area contributed by atoms with Gasteiger partial charge in [-0.1, -0.05) is 61.9 Å². The van der Waals surface area contributed by atoms with Crippen LogP contribution < -0.4 is 4.74 Å². The van der Waals surface area contributed by atoms with E-state index >= 15 is 0 Å². The number of carbonyl (C=O) groups is 1. The average Bonchev–Trinajstić information content (AvgIpc) is 2.78. The Balaban J connectivity index is 0.00000312. The number of benzene rings is 1. The Labute approximate surface area is 154 Å². The van der Waals surface area contributed by atoms with Crippen LogP contribution in [-0.2, 0) is 10.5 Å². The zero-order valence-electron chi connectivity index (χ0n) is 13.1. The Morgan fingerprint density at radius 3 is 2.48 bits per heavy atom. The third-order valence-electron chi connectivity index (χ3n) is 4.17. The maximum atomic E-state index is 13.9. The first-order valence-corrected chi connectivity index (χ1v) is 9.35. The number of nitrogens with zero attached hydrogens (tertiary/aromatic N) is 1. The van der Waals surface area contributed by atoms with Crippen LogP contribution >= 0.6 is 11.6 Å². The number of hydrogen-bond donors (Lipinski definition) is 0. The predicted molar refractivity (Wildman–Crippen MR) is 95.1 cm³/mol. The quantitative estimate of drug-likeness (QED) is 0.658. The molecule has 0 unspecified atom stereocenters. The van der Waals surface area contributed by atoms with Crippen molar-refractivity contribution in [1.29, 1.82) is 0 Å². The Kier molecular flexibility index (Phi) is 9.06. The topological polar surface area (TPSA) is 72.8 Å². The Bertz CT molecular complexity index is 720. The molecule has 0 heterocycles. The van der Waals surface area contributed by atoms with Crippen LogP contribution in [0.5, 0.6) is 5.75 Å². The molecular weight excluding hydrogens is 369 g/mol. The van der Waals surface area contributed by atoms with Crippen LogP contribution in [-0.4, -0.2) is 20.9 Å². The third-order valence-corrected chi connectivity index (χ3v) is 4.78. The number of hydrogen-bond acceptors (Lipinski definition) is 4. The van der Waals surface area contributed by atoms with E-state index in [1.807, 2.05) is 0 Å². The SMILES string of the molecule is C.O=C(N=S(=O)=O)c1cc(Cl)c(OCCC2CCCCCC2)cc1F. The van der Waals surface area contributed by atoms with Gasteiger partial charge >= 0.3 is 10.5 Å². The summed E-state index contributed by atoms with van der Waals surface area (Å²) in [7, 11) is -2.94. The van der Waals surface area contributed by atoms with E-state index in [1.54, 1.807) is 0 Å². The first kappa shape index (κ1) is 21.6. The van der Waals surface area contributed by atoms with Gasteiger partial charge in [-0.25, -0.2) is 4.39 Å². The van der Waals surface area contributed by atoms with Gasteiger partial charge in [0.2, 0.25) is 0 Å². The fourth-order valence-electron chi connectivity index (χ4n) is 2.91. The van der Waals surface area contributed by atoms with Crippen molar-refractivity contribution < 1.29 is 22.3 Å². The van der Waals surface area contributed by atoms with Gasteiger partial charge in [0.25, 0.3) is 5.91 Å². The summed E-state index contributed by atoms with van der Waals surface area (Å²) in [6.45, 7) is 0.423. The first-order valence-electron chi connectivity index (χ1n) is 7.94. The molecule has 1 fully saturated rings. The van der Waals surface area contributed by atoms with Gasteiger partial charge in [0.15, 0.2) is 0 Å². The maximum Gasteiger partial charge on any atom is 0.319 e. The summed E-state index contributed by atoms with van der Waals surface area (Å²) in [6, 6.07) is 2.03. The standard InChI is InChI=1S/C16H19ClFNO4S.CH4/c17-13-9-12(16(20)19-24(21)22)14(18)10-15(13)23-8-7-11-5-3-1-2-4-6-11;/h9-11H,1-8H2;1H4. The van der Waals surface area contributed by atoms with Gasteiger partial charge in [0, 0.05) is 6.07 Å². The zero-order valence-corrected chi connectivity index (χ0v) is 14.7. The highest BCUT2D eigenvalue weighted by molar-refractivity contribution is 7.62. The van der Waals surface area contributed by atoms with Gasteiger partial charge in [-0.3, -0.25) is 4.79 Å². The number of ether oxygens (including phenoxy) is 1. The molecule has 1 aliphatic rings. The Morgan fingerprint density at radius 1 is 1.24 bits per heavy atom. The lowest BCUT2D eigenvalue weighted by Gasteiger charge is -2.15. The second kappa shape index (κ2) is 10.5. The number of halogens is 2. The van der Waals surface area contributed by atoms with E-state index in [-0.39, 0.29) is 18.2 Å². The van der Waals surface area contributed by atoms with E-state index in [2.05, 4.69) is 4.36 Å². The van der Waals surface area contributed by atoms with Crippen molar-refractivity contribution in [2.45, 2.75) is 52.4 Å². The van der Waals surface area contributed by atoms with Crippen molar-refractivity contribution in [2.24, 2.45) is 10.3 Å². The molecule has 0 saturated heterocycles. The van der Waals surface area contributed by atoms with Crippen LogP contribution in [0.25, 0.3) is 0 Å². The summed E-state index contributed by atoms with van der Waals surface area (Å²) in [6.07, 6.45) is 8.29. The van der Waals surface area contributed by atoms with Crippen molar-refractivity contribution in [1.82, 2.24) is 0 Å². The lowest BCUT2D eigenvalue weighted by atomic mass is 9.97. The van der Waals surface area contributed by atoms with Crippen LogP contribution in [0.1, 0.15) is 62.7 Å². The predicted octanol–water partition coefficient (Wildman–Crippen LogP) is 5.06. The molecule has 0 spiro atoms. The summed E-state index contributed by atoms with van der Waals surface area (Å²) in [4.78, 5) is 11.5. The third kappa shape index (κ3) is 6.74. The minimum atomic E-state index is -2.94. The van der Waals surface area contributed by atoms with E-state index in [0.29, 0.717) is 12.5 Å². The minimum Gasteiger partial charge on any atom is -0.492 e. The molecule has 2 rings (SSSR count). The molecule has 0 radical (unpaired) electrons. The highest BCUT2D eigenvalue weighted by Gasteiger charge is 2.17. The zero-order chi connectivity index (χ0) is 17.5. The molecule has 0 aromatic heterocycles. The van der Waals surface area contributed by atoms with Crippen LogP contribution in [0.2, 0.25) is 5.02 Å². The van der Waals surface area contributed by atoms with E-state index in [1.165, 1.54) is 38.5 Å². The van der Waals surface area contributed by atoms with Crippen molar-refractivity contribution in [2.75, 3.05) is 6.61 Å². The van der Waals surface area contributed by atoms with E-state index in [0.717, 1.165) is 18.6 Å². The van der Waals surface area contributed by atoms with Gasteiger partial charge in [-0.15, -0.1) is 0 Å². The second-order valence-corrected chi connectivity index (χ2v) is 6.89. The molecule has 1 aromatic rings. The lowest BCUT2D eigenvalue weighted by Crippen LogP contribution is -2.07. The molecule has 5 nitrogen and oxygen atoms in total. The highest BCUT2D eigenvalue weighted by Crippen LogP contribution is 2.30. The van der Waals surface area contributed by atoms with E-state index in [9.17, 15) is 17.6 Å². The molecule has 140 valence electrons. The van der Waals surface area contributed by atoms with Crippen molar-refractivity contribution in [3.8, 4) is 5.75 Å². The molecule has 8 heteroatoms. The smallest absolute Gasteiger partial charge is 0.319 e. The molecule has 1 amide bonds. The van der Waals surface area contributed by atoms with Crippen LogP contribution in [0.4, 0.5) is 4.39 Å². The van der Waals surface area contributed by atoms with Gasteiger partial charge in [-0.2, -0.15) is 8.42 Å². The number of rotatable bonds is 5. The summed E-state index contributed by atoms with van der Waals surface area (Å²) in [5, 5.41) is 0.0486. The summed E-state index contributed by atoms with van der Waals surface area (Å²) in [5.41, 5.74) is -0.500. The second-order valence-electron chi connectivity index (χ2n) is 5.87. The molecule has 0 bridgehead atoms. The van der Waals surface area contributed by atoms with Crippen molar-refractivity contribution in [3.63, 3.8) is 0 Å². The molecule has 0 atom stereocenters. The fourth-order valence-corrected chi connectivity index (χ4v) is 3.36. The minimum absolute atomic E-state index is 0. The van der Waals surface area contributed by atoms with Crippen molar-refractivity contribution >= 4 is 28.0 Å². The maximum absolute atomic E-state index is 13.9. The normalized spacial score (nSPS) is 15.0. The molecule has 1 aliphatic carbocycles. The largest absolute Gasteiger partial charge is 0.492 e. The molecular formula is C17H23ClFNO4S. The molecule has 25 heavy (non-hydrogen) atoms. The lowest BCUT2D eigenvalue weighted by molar-refractivity contribution is 0.100. The van der Waals surface area contributed by atoms with E-state index < -0.39 is 27.8 Å². The summed E-state index contributed by atoms with van der Waals surface area (Å²) >= 11 is 5.99. The molecule has 1 saturated carbocycles. The van der Waals surface area contributed by atoms with Crippen LogP contribution in [0.15, 0.2) is 16.5 Å². The Morgan fingerprint density at radius 2 is 1.88 bits per heavy atom. The van der Waals surface area contributed by atoms with E-state index in [4.69, 9.17) is 16.3 Å². The van der Waals surface area contributed by atoms with Crippen LogP contribution in [0, 0.1) is 11.7 Å². The average molecular weight is 392 g/mol. The first-order chi connectivity index (χ1) is 11.5. The molecule has 0 N–H and O–H groups in total. The summed E-state index contributed by atoms with van der Waals surface area (Å²) < 4.78 is 43.0. The Hall–Kier alpha value is -1.47. The van der Waals surface area contributed by atoms with Gasteiger partial charge in [0.1, 0.15) is 11.6 Å².